The van der Waals surface area contributed by atoms with Crippen molar-refractivity contribution < 1.29 is 23.8 Å². The molecule has 0 unspecified atom stereocenters. The highest BCUT2D eigenvalue weighted by atomic mass is 16.5. The summed E-state index contributed by atoms with van der Waals surface area (Å²) < 4.78 is 16.4. The molecule has 7 nitrogen and oxygen atoms in total. The Morgan fingerprint density at radius 3 is 2.17 bits per heavy atom. The average Bonchev–Trinajstić information content (AvgIpc) is 3.48. The predicted molar refractivity (Wildman–Crippen MR) is 109 cm³/mol. The Morgan fingerprint density at radius 2 is 1.69 bits per heavy atom. The molecule has 2 amide bonds. The number of nitrogens with zero attached hydrogens (tertiary/aromatic N) is 1. The number of nitrogens with one attached hydrogen (secondary N) is 1. The number of hydrogen-bond acceptors (Lipinski definition) is 5. The summed E-state index contributed by atoms with van der Waals surface area (Å²) in [6.45, 7) is 5.71. The van der Waals surface area contributed by atoms with Gasteiger partial charge < -0.3 is 24.4 Å². The molecule has 29 heavy (non-hydrogen) atoms. The van der Waals surface area contributed by atoms with Crippen LogP contribution in [0.3, 0.4) is 0 Å². The fourth-order valence-corrected chi connectivity index (χ4v) is 3.93. The number of hydrogen-bond donors (Lipinski definition) is 1. The molecule has 2 fully saturated rings. The van der Waals surface area contributed by atoms with E-state index in [-0.39, 0.29) is 29.6 Å². The van der Waals surface area contributed by atoms with E-state index in [0.29, 0.717) is 42.8 Å². The third kappa shape index (κ3) is 4.60. The SMILES string of the molecule is COc1cc([C@H]2CN(C(=O)C3CC3)C[C@@H]2C(=O)NCC(C)C)cc(OC)c1OC. The molecule has 1 aliphatic heterocycles. The minimum absolute atomic E-state index is 0.0106. The number of likely N-dealkylation sites (tertiary alicyclic amines) is 1. The van der Waals surface area contributed by atoms with E-state index in [1.165, 1.54) is 0 Å². The first-order valence-electron chi connectivity index (χ1n) is 10.3. The lowest BCUT2D eigenvalue weighted by Crippen LogP contribution is -2.37. The van der Waals surface area contributed by atoms with Crippen LogP contribution in [0.5, 0.6) is 17.2 Å². The van der Waals surface area contributed by atoms with Gasteiger partial charge in [-0.1, -0.05) is 13.8 Å². The van der Waals surface area contributed by atoms with Gasteiger partial charge in [-0.3, -0.25) is 9.59 Å². The predicted octanol–water partition coefficient (Wildman–Crippen LogP) is 2.44. The molecule has 7 heteroatoms. The summed E-state index contributed by atoms with van der Waals surface area (Å²) in [7, 11) is 4.71. The molecule has 2 atom stereocenters. The maximum Gasteiger partial charge on any atom is 0.225 e. The van der Waals surface area contributed by atoms with Gasteiger partial charge in [0.15, 0.2) is 11.5 Å². The van der Waals surface area contributed by atoms with Gasteiger partial charge in [0, 0.05) is 31.5 Å². The van der Waals surface area contributed by atoms with Crippen molar-refractivity contribution in [2.75, 3.05) is 41.0 Å². The van der Waals surface area contributed by atoms with Crippen LogP contribution < -0.4 is 19.5 Å². The zero-order valence-corrected chi connectivity index (χ0v) is 18.0. The molecule has 1 aromatic carbocycles. The molecule has 0 aromatic heterocycles. The highest BCUT2D eigenvalue weighted by Gasteiger charge is 2.44. The van der Waals surface area contributed by atoms with E-state index in [4.69, 9.17) is 14.2 Å². The molecule has 3 rings (SSSR count). The topological polar surface area (TPSA) is 77.1 Å². The van der Waals surface area contributed by atoms with Crippen LogP contribution in [-0.2, 0) is 9.59 Å². The van der Waals surface area contributed by atoms with Crippen molar-refractivity contribution in [2.45, 2.75) is 32.6 Å². The molecule has 1 aromatic rings. The summed E-state index contributed by atoms with van der Waals surface area (Å²) in [5.74, 6) is 1.84. The molecule has 160 valence electrons. The third-order valence-electron chi connectivity index (χ3n) is 5.69. The monoisotopic (exact) mass is 404 g/mol. The van der Waals surface area contributed by atoms with Crippen LogP contribution in [0.4, 0.5) is 0 Å². The Kier molecular flexibility index (Phi) is 6.55. The van der Waals surface area contributed by atoms with Crippen molar-refractivity contribution in [1.82, 2.24) is 10.2 Å². The molecule has 1 heterocycles. The zero-order valence-electron chi connectivity index (χ0n) is 18.0. The fourth-order valence-electron chi connectivity index (χ4n) is 3.93. The minimum atomic E-state index is -0.306. The molecule has 0 bridgehead atoms. The minimum Gasteiger partial charge on any atom is -0.493 e. The molecule has 1 saturated carbocycles. The molecule has 1 aliphatic carbocycles. The Labute approximate surface area is 172 Å². The number of benzene rings is 1. The standard InChI is InChI=1S/C22H32N2O5/c1-13(2)10-23-21(25)17-12-24(22(26)14-6-7-14)11-16(17)15-8-18(27-3)20(29-5)19(9-15)28-4/h8-9,13-14,16-17H,6-7,10-12H2,1-5H3,(H,23,25)/t16-,17+/m1/s1. The van der Waals surface area contributed by atoms with Gasteiger partial charge in [0.1, 0.15) is 0 Å². The van der Waals surface area contributed by atoms with Gasteiger partial charge in [0.05, 0.1) is 27.2 Å². The quantitative estimate of drug-likeness (QED) is 0.720. The van der Waals surface area contributed by atoms with E-state index >= 15 is 0 Å². The molecular formula is C22H32N2O5. The van der Waals surface area contributed by atoms with Crippen molar-refractivity contribution in [3.8, 4) is 17.2 Å². The van der Waals surface area contributed by atoms with Crippen LogP contribution in [0, 0.1) is 17.8 Å². The van der Waals surface area contributed by atoms with E-state index in [2.05, 4.69) is 19.2 Å². The van der Waals surface area contributed by atoms with Crippen LogP contribution in [0.2, 0.25) is 0 Å². The van der Waals surface area contributed by atoms with Gasteiger partial charge >= 0.3 is 0 Å². The first kappa shape index (κ1) is 21.3. The largest absolute Gasteiger partial charge is 0.493 e. The lowest BCUT2D eigenvalue weighted by molar-refractivity contribution is -0.132. The van der Waals surface area contributed by atoms with Crippen LogP contribution in [0.1, 0.15) is 38.2 Å². The fraction of sp³-hybridized carbons (Fsp3) is 0.636. The number of carbonyl (C=O) groups excluding carboxylic acids is 2. The summed E-state index contributed by atoms with van der Waals surface area (Å²) in [6, 6.07) is 3.78. The summed E-state index contributed by atoms with van der Waals surface area (Å²) in [6.07, 6.45) is 1.91. The second kappa shape index (κ2) is 8.93. The Bertz CT molecular complexity index is 735. The average molecular weight is 405 g/mol. The summed E-state index contributed by atoms with van der Waals surface area (Å²) >= 11 is 0. The highest BCUT2D eigenvalue weighted by Crippen LogP contribution is 2.44. The summed E-state index contributed by atoms with van der Waals surface area (Å²) in [5.41, 5.74) is 0.912. The van der Waals surface area contributed by atoms with Crippen LogP contribution in [0.25, 0.3) is 0 Å². The molecule has 0 spiro atoms. The smallest absolute Gasteiger partial charge is 0.225 e. The number of methoxy groups -OCH3 is 3. The lowest BCUT2D eigenvalue weighted by atomic mass is 9.87. The second-order valence-corrected chi connectivity index (χ2v) is 8.33. The molecule has 2 aliphatic rings. The molecule has 1 saturated heterocycles. The van der Waals surface area contributed by atoms with Gasteiger partial charge in [-0.25, -0.2) is 0 Å². The first-order valence-corrected chi connectivity index (χ1v) is 10.3. The third-order valence-corrected chi connectivity index (χ3v) is 5.69. The van der Waals surface area contributed by atoms with Crippen molar-refractivity contribution in [3.63, 3.8) is 0 Å². The van der Waals surface area contributed by atoms with E-state index in [1.807, 2.05) is 17.0 Å². The Balaban J connectivity index is 1.92. The summed E-state index contributed by atoms with van der Waals surface area (Å²) in [4.78, 5) is 27.5. The van der Waals surface area contributed by atoms with Gasteiger partial charge in [-0.05, 0) is 36.5 Å². The van der Waals surface area contributed by atoms with E-state index in [9.17, 15) is 9.59 Å². The summed E-state index contributed by atoms with van der Waals surface area (Å²) in [5, 5.41) is 3.04. The maximum absolute atomic E-state index is 13.0. The molecular weight excluding hydrogens is 372 g/mol. The Morgan fingerprint density at radius 1 is 1.07 bits per heavy atom. The first-order chi connectivity index (χ1) is 13.9. The number of ether oxygens (including phenoxy) is 3. The number of rotatable bonds is 8. The number of carbonyl (C=O) groups is 2. The van der Waals surface area contributed by atoms with Gasteiger partial charge in [0.25, 0.3) is 0 Å². The van der Waals surface area contributed by atoms with Crippen molar-refractivity contribution in [1.29, 1.82) is 0 Å². The molecule has 0 radical (unpaired) electrons. The lowest BCUT2D eigenvalue weighted by Gasteiger charge is -2.21. The van der Waals surface area contributed by atoms with Crippen LogP contribution in [0.15, 0.2) is 12.1 Å². The van der Waals surface area contributed by atoms with Crippen molar-refractivity contribution in [2.24, 2.45) is 17.8 Å². The van der Waals surface area contributed by atoms with E-state index in [1.54, 1.807) is 21.3 Å². The highest BCUT2D eigenvalue weighted by molar-refractivity contribution is 5.85. The van der Waals surface area contributed by atoms with Crippen LogP contribution in [-0.4, -0.2) is 57.7 Å². The maximum atomic E-state index is 13.0. The number of amides is 2. The zero-order chi connectivity index (χ0) is 21.1. The van der Waals surface area contributed by atoms with E-state index < -0.39 is 0 Å². The van der Waals surface area contributed by atoms with Crippen molar-refractivity contribution >= 4 is 11.8 Å². The van der Waals surface area contributed by atoms with Gasteiger partial charge in [-0.2, -0.15) is 0 Å². The Hall–Kier alpha value is -2.44. The van der Waals surface area contributed by atoms with Crippen LogP contribution >= 0.6 is 0 Å². The second-order valence-electron chi connectivity index (χ2n) is 8.33. The molecule has 1 N–H and O–H groups in total. The van der Waals surface area contributed by atoms with Crippen molar-refractivity contribution in [3.05, 3.63) is 17.7 Å². The van der Waals surface area contributed by atoms with Gasteiger partial charge in [-0.15, -0.1) is 0 Å². The normalized spacial score (nSPS) is 21.2. The van der Waals surface area contributed by atoms with E-state index in [0.717, 1.165) is 18.4 Å². The van der Waals surface area contributed by atoms with Gasteiger partial charge in [0.2, 0.25) is 17.6 Å².